The normalized spacial score (nSPS) is 24.7. The molecule has 2 nitrogen and oxygen atoms in total. The SMILES string of the molecule is CC1CCC(c2cc(F)c(C#N)c(F)c2)CC1.CC1CCC(c2ccc(C#N)c(F)c2)CC1.[HH].[HH]. The van der Waals surface area contributed by atoms with Crippen LogP contribution in [0, 0.1) is 51.9 Å². The van der Waals surface area contributed by atoms with E-state index in [1.165, 1.54) is 25.0 Å². The lowest BCUT2D eigenvalue weighted by molar-refractivity contribution is 0.346. The highest BCUT2D eigenvalue weighted by atomic mass is 19.1. The van der Waals surface area contributed by atoms with Crippen LogP contribution in [0.25, 0.3) is 0 Å². The summed E-state index contributed by atoms with van der Waals surface area (Å²) in [6.45, 7) is 4.48. The Bertz CT molecular complexity index is 1020. The van der Waals surface area contributed by atoms with Gasteiger partial charge in [-0.15, -0.1) is 0 Å². The van der Waals surface area contributed by atoms with Gasteiger partial charge < -0.3 is 0 Å². The van der Waals surface area contributed by atoms with Gasteiger partial charge in [-0.2, -0.15) is 10.5 Å². The summed E-state index contributed by atoms with van der Waals surface area (Å²) in [7, 11) is 0. The Morgan fingerprint density at radius 3 is 1.55 bits per heavy atom. The first-order valence-corrected chi connectivity index (χ1v) is 11.9. The fraction of sp³-hybridized carbons (Fsp3) is 0.500. The van der Waals surface area contributed by atoms with Gasteiger partial charge in [0.15, 0.2) is 0 Å². The van der Waals surface area contributed by atoms with Gasteiger partial charge in [-0.25, -0.2) is 13.2 Å². The smallest absolute Gasteiger partial charge is 0.144 e. The number of hydrogen-bond acceptors (Lipinski definition) is 2. The zero-order chi connectivity index (χ0) is 24.0. The lowest BCUT2D eigenvalue weighted by Crippen LogP contribution is -2.11. The fourth-order valence-electron chi connectivity index (χ4n) is 5.00. The van der Waals surface area contributed by atoms with Crippen LogP contribution < -0.4 is 0 Å². The van der Waals surface area contributed by atoms with Crippen LogP contribution in [0.5, 0.6) is 0 Å². The molecule has 2 aromatic carbocycles. The maximum absolute atomic E-state index is 13.5. The molecule has 0 amide bonds. The molecule has 0 bridgehead atoms. The number of rotatable bonds is 2. The quantitative estimate of drug-likeness (QED) is 0.454. The van der Waals surface area contributed by atoms with Crippen molar-refractivity contribution in [2.45, 2.75) is 77.0 Å². The summed E-state index contributed by atoms with van der Waals surface area (Å²) < 4.78 is 40.4. The highest BCUT2D eigenvalue weighted by Gasteiger charge is 2.22. The van der Waals surface area contributed by atoms with E-state index in [-0.39, 0.29) is 20.2 Å². The summed E-state index contributed by atoms with van der Waals surface area (Å²) in [5.74, 6) is 0.390. The van der Waals surface area contributed by atoms with Gasteiger partial charge in [-0.05, 0) is 84.7 Å². The van der Waals surface area contributed by atoms with E-state index in [9.17, 15) is 13.2 Å². The van der Waals surface area contributed by atoms with Crippen molar-refractivity contribution in [3.63, 3.8) is 0 Å². The minimum absolute atomic E-state index is 0. The maximum Gasteiger partial charge on any atom is 0.144 e. The van der Waals surface area contributed by atoms with Gasteiger partial charge >= 0.3 is 0 Å². The zero-order valence-electron chi connectivity index (χ0n) is 19.4. The van der Waals surface area contributed by atoms with Crippen LogP contribution >= 0.6 is 0 Å². The summed E-state index contributed by atoms with van der Waals surface area (Å²) >= 11 is 0. The third kappa shape index (κ3) is 6.38. The second-order valence-electron chi connectivity index (χ2n) is 9.74. The van der Waals surface area contributed by atoms with Crippen molar-refractivity contribution in [1.82, 2.24) is 0 Å². The lowest BCUT2D eigenvalue weighted by atomic mass is 9.79. The van der Waals surface area contributed by atoms with Gasteiger partial charge in [0.1, 0.15) is 35.2 Å². The van der Waals surface area contributed by atoms with Crippen molar-refractivity contribution in [3.8, 4) is 12.1 Å². The average molecular weight is 457 g/mol. The summed E-state index contributed by atoms with van der Waals surface area (Å²) in [4.78, 5) is 0. The molecule has 2 saturated carbocycles. The topological polar surface area (TPSA) is 47.6 Å². The third-order valence-electron chi connectivity index (χ3n) is 7.26. The summed E-state index contributed by atoms with van der Waals surface area (Å²) in [5.41, 5.74) is 1.43. The molecule has 0 spiro atoms. The number of halogens is 3. The average Bonchev–Trinajstić information content (AvgIpc) is 2.80. The Hall–Kier alpha value is -2.79. The molecule has 178 valence electrons. The zero-order valence-corrected chi connectivity index (χ0v) is 19.4. The van der Waals surface area contributed by atoms with Crippen molar-refractivity contribution in [3.05, 3.63) is 70.0 Å². The van der Waals surface area contributed by atoms with E-state index in [4.69, 9.17) is 10.5 Å². The van der Waals surface area contributed by atoms with E-state index in [0.717, 1.165) is 50.0 Å². The molecule has 0 heterocycles. The molecule has 0 radical (unpaired) electrons. The first-order chi connectivity index (χ1) is 15.8. The highest BCUT2D eigenvalue weighted by molar-refractivity contribution is 5.37. The number of hydrogen-bond donors (Lipinski definition) is 0. The molecule has 0 atom stereocenters. The van der Waals surface area contributed by atoms with Gasteiger partial charge in [0.05, 0.1) is 5.56 Å². The van der Waals surface area contributed by atoms with Gasteiger partial charge in [-0.1, -0.05) is 45.6 Å². The molecule has 0 aromatic heterocycles. The van der Waals surface area contributed by atoms with E-state index in [2.05, 4.69) is 13.8 Å². The second-order valence-corrected chi connectivity index (χ2v) is 9.74. The second kappa shape index (κ2) is 11.4. The maximum atomic E-state index is 13.5. The molecule has 4 rings (SSSR count). The summed E-state index contributed by atoms with van der Waals surface area (Å²) in [5, 5.41) is 17.3. The lowest BCUT2D eigenvalue weighted by Gasteiger charge is -2.26. The van der Waals surface area contributed by atoms with Crippen molar-refractivity contribution < 1.29 is 16.0 Å². The standard InChI is InChI=1S/C14H15F2N.C14H16FN.2H2/c1-9-2-4-10(5-3-9)11-6-13(15)12(8-17)14(16)7-11;1-10-2-4-11(5-3-10)12-6-7-13(9-16)14(15)8-12;;/h6-7,9-10H,2-5H2,1H3;6-8,10-11H,2-5H2,1H3;2*1H. The van der Waals surface area contributed by atoms with Crippen LogP contribution in [0.3, 0.4) is 0 Å². The van der Waals surface area contributed by atoms with Crippen LogP contribution in [0.4, 0.5) is 13.2 Å². The number of benzene rings is 2. The monoisotopic (exact) mass is 456 g/mol. The first kappa shape index (κ1) is 24.8. The molecule has 0 aliphatic heterocycles. The van der Waals surface area contributed by atoms with Crippen LogP contribution in [0.1, 0.15) is 102 Å². The highest BCUT2D eigenvalue weighted by Crippen LogP contribution is 2.37. The summed E-state index contributed by atoms with van der Waals surface area (Å²) in [6, 6.07) is 11.1. The first-order valence-electron chi connectivity index (χ1n) is 11.9. The van der Waals surface area contributed by atoms with Gasteiger partial charge in [-0.3, -0.25) is 0 Å². The van der Waals surface area contributed by atoms with E-state index < -0.39 is 17.2 Å². The molecule has 2 aromatic rings. The molecule has 2 aliphatic carbocycles. The van der Waals surface area contributed by atoms with Crippen molar-refractivity contribution >= 4 is 0 Å². The predicted octanol–water partition coefficient (Wildman–Crippen LogP) is 8.61. The Kier molecular flexibility index (Phi) is 8.56. The molecule has 2 fully saturated rings. The van der Waals surface area contributed by atoms with Crippen LogP contribution in [-0.4, -0.2) is 0 Å². The predicted molar refractivity (Wildman–Crippen MR) is 127 cm³/mol. The minimum Gasteiger partial charge on any atom is -0.206 e. The molecule has 5 heteroatoms. The molecule has 0 saturated heterocycles. The summed E-state index contributed by atoms with van der Waals surface area (Å²) in [6.07, 6.45) is 8.91. The molecular formula is C28H35F3N2. The molecule has 0 N–H and O–H groups in total. The van der Waals surface area contributed by atoms with Gasteiger partial charge in [0.25, 0.3) is 0 Å². The van der Waals surface area contributed by atoms with Crippen molar-refractivity contribution in [2.24, 2.45) is 11.8 Å². The van der Waals surface area contributed by atoms with Crippen molar-refractivity contribution in [2.75, 3.05) is 0 Å². The van der Waals surface area contributed by atoms with Crippen molar-refractivity contribution in [1.29, 1.82) is 10.5 Å². The molecule has 33 heavy (non-hydrogen) atoms. The van der Waals surface area contributed by atoms with Crippen LogP contribution in [-0.2, 0) is 0 Å². The van der Waals surface area contributed by atoms with E-state index in [1.54, 1.807) is 18.2 Å². The molecule has 0 unspecified atom stereocenters. The number of nitriles is 2. The van der Waals surface area contributed by atoms with E-state index >= 15 is 0 Å². The molecule has 2 aliphatic rings. The fourth-order valence-corrected chi connectivity index (χ4v) is 5.00. The Morgan fingerprint density at radius 1 is 0.667 bits per heavy atom. The van der Waals surface area contributed by atoms with Gasteiger partial charge in [0.2, 0.25) is 0 Å². The van der Waals surface area contributed by atoms with Gasteiger partial charge in [0, 0.05) is 2.85 Å². The number of nitrogens with zero attached hydrogens (tertiary/aromatic N) is 2. The van der Waals surface area contributed by atoms with Crippen LogP contribution in [0.15, 0.2) is 30.3 Å². The third-order valence-corrected chi connectivity index (χ3v) is 7.26. The minimum atomic E-state index is -0.735. The van der Waals surface area contributed by atoms with E-state index in [1.807, 2.05) is 12.1 Å². The Morgan fingerprint density at radius 2 is 1.12 bits per heavy atom. The molecular weight excluding hydrogens is 421 g/mol. The Labute approximate surface area is 198 Å². The van der Waals surface area contributed by atoms with Crippen LogP contribution in [0.2, 0.25) is 0 Å². The largest absolute Gasteiger partial charge is 0.206 e. The Balaban J connectivity index is 0.000000332. The van der Waals surface area contributed by atoms with E-state index in [0.29, 0.717) is 17.4 Å².